The van der Waals surface area contributed by atoms with Crippen LogP contribution in [0.25, 0.3) is 10.4 Å². The van der Waals surface area contributed by atoms with Gasteiger partial charge in [0.15, 0.2) is 5.13 Å². The lowest BCUT2D eigenvalue weighted by molar-refractivity contribution is 0.0622. The fourth-order valence-electron chi connectivity index (χ4n) is 4.05. The molecular weight excluding hydrogens is 504 g/mol. The molecule has 4 rings (SSSR count). The highest BCUT2D eigenvalue weighted by molar-refractivity contribution is 7.92. The van der Waals surface area contributed by atoms with Crippen LogP contribution in [0.1, 0.15) is 35.8 Å². The largest absolute Gasteiger partial charge is 0.480 e. The van der Waals surface area contributed by atoms with Crippen molar-refractivity contribution in [3.8, 4) is 16.3 Å². The molecule has 1 unspecified atom stereocenters. The van der Waals surface area contributed by atoms with Gasteiger partial charge in [0, 0.05) is 36.7 Å². The number of nitrogens with zero attached hydrogens (tertiary/aromatic N) is 2. The second kappa shape index (κ2) is 10.8. The Hall–Kier alpha value is -3.22. The number of pyridine rings is 1. The van der Waals surface area contributed by atoms with Crippen LogP contribution >= 0.6 is 11.3 Å². The minimum Gasteiger partial charge on any atom is -0.480 e. The second-order valence-electron chi connectivity index (χ2n) is 8.54. The summed E-state index contributed by atoms with van der Waals surface area (Å²) >= 11 is 1.44. The fourth-order valence-corrected chi connectivity index (χ4v) is 6.30. The number of carbonyl (C=O) groups is 1. The van der Waals surface area contributed by atoms with Crippen LogP contribution in [0.5, 0.6) is 5.88 Å². The summed E-state index contributed by atoms with van der Waals surface area (Å²) in [6, 6.07) is 7.15. The molecule has 12 heteroatoms. The SMILES string of the molecule is COc1ncc(-c2sc(NC(C)C3CCOCC3)nc2C)cc1S(=O)(=O)Nc1ccc(C(=O)O)cc1. The number of benzene rings is 1. The van der Waals surface area contributed by atoms with Crippen molar-refractivity contribution in [3.63, 3.8) is 0 Å². The molecule has 1 aliphatic rings. The van der Waals surface area contributed by atoms with Crippen LogP contribution in [0.3, 0.4) is 0 Å². The lowest BCUT2D eigenvalue weighted by atomic mass is 9.93. The maximum absolute atomic E-state index is 13.2. The molecular formula is C24H28N4O6S2. The highest BCUT2D eigenvalue weighted by Crippen LogP contribution is 2.36. The third kappa shape index (κ3) is 5.77. The molecule has 2 aromatic heterocycles. The molecule has 10 nitrogen and oxygen atoms in total. The average Bonchev–Trinajstić information content (AvgIpc) is 3.23. The van der Waals surface area contributed by atoms with Gasteiger partial charge in [-0.15, -0.1) is 0 Å². The number of carboxylic acid groups (broad SMARTS) is 1. The lowest BCUT2D eigenvalue weighted by Gasteiger charge is -2.28. The summed E-state index contributed by atoms with van der Waals surface area (Å²) < 4.78 is 39.6. The number of carboxylic acids is 1. The Balaban J connectivity index is 1.59. The zero-order valence-corrected chi connectivity index (χ0v) is 21.8. The van der Waals surface area contributed by atoms with Gasteiger partial charge >= 0.3 is 5.97 Å². The zero-order valence-electron chi connectivity index (χ0n) is 20.1. The molecule has 1 aromatic carbocycles. The standard InChI is InChI=1S/C24H28N4O6S2/c1-14(16-8-10-34-11-9-16)26-24-27-15(2)21(35-24)18-12-20(22(33-3)25-13-18)36(31,32)28-19-6-4-17(5-7-19)23(29)30/h4-7,12-14,16,28H,8-11H2,1-3H3,(H,26,27)(H,29,30). The number of anilines is 2. The Kier molecular flexibility index (Phi) is 7.76. The number of hydrogen-bond acceptors (Lipinski definition) is 9. The quantitative estimate of drug-likeness (QED) is 0.369. The van der Waals surface area contributed by atoms with Gasteiger partial charge in [-0.25, -0.2) is 23.2 Å². The van der Waals surface area contributed by atoms with Crippen molar-refractivity contribution in [2.24, 2.45) is 5.92 Å². The predicted octanol–water partition coefficient (Wildman–Crippen LogP) is 4.25. The Morgan fingerprint density at radius 2 is 1.94 bits per heavy atom. The van der Waals surface area contributed by atoms with Crippen molar-refractivity contribution in [2.45, 2.75) is 37.6 Å². The van der Waals surface area contributed by atoms with E-state index in [0.29, 0.717) is 11.5 Å². The number of hydrogen-bond donors (Lipinski definition) is 3. The van der Waals surface area contributed by atoms with Crippen molar-refractivity contribution >= 4 is 38.1 Å². The van der Waals surface area contributed by atoms with E-state index in [9.17, 15) is 13.2 Å². The molecule has 0 aliphatic carbocycles. The molecule has 1 aliphatic heterocycles. The lowest BCUT2D eigenvalue weighted by Crippen LogP contribution is -2.30. The van der Waals surface area contributed by atoms with Crippen molar-refractivity contribution in [1.29, 1.82) is 0 Å². The number of nitrogens with one attached hydrogen (secondary N) is 2. The first kappa shape index (κ1) is 25.9. The van der Waals surface area contributed by atoms with Crippen LogP contribution in [-0.2, 0) is 14.8 Å². The summed E-state index contributed by atoms with van der Waals surface area (Å²) in [4.78, 5) is 20.6. The molecule has 3 aromatic rings. The maximum Gasteiger partial charge on any atom is 0.335 e. The summed E-state index contributed by atoms with van der Waals surface area (Å²) in [6.07, 6.45) is 3.56. The molecule has 0 bridgehead atoms. The summed E-state index contributed by atoms with van der Waals surface area (Å²) in [5.74, 6) is -0.651. The van der Waals surface area contributed by atoms with Crippen molar-refractivity contribution < 1.29 is 27.8 Å². The number of thiazole rings is 1. The van der Waals surface area contributed by atoms with Crippen molar-refractivity contribution in [1.82, 2.24) is 9.97 Å². The molecule has 0 amide bonds. The normalized spacial score (nSPS) is 15.3. The molecule has 1 saturated heterocycles. The highest BCUT2D eigenvalue weighted by atomic mass is 32.2. The van der Waals surface area contributed by atoms with E-state index in [4.69, 9.17) is 14.6 Å². The molecule has 192 valence electrons. The molecule has 3 N–H and O–H groups in total. The Labute approximate surface area is 213 Å². The van der Waals surface area contributed by atoms with Crippen LogP contribution < -0.4 is 14.8 Å². The number of sulfonamides is 1. The number of aryl methyl sites for hydroxylation is 1. The molecule has 3 heterocycles. The van der Waals surface area contributed by atoms with Gasteiger partial charge in [-0.1, -0.05) is 11.3 Å². The van der Waals surface area contributed by atoms with Crippen molar-refractivity contribution in [3.05, 3.63) is 47.8 Å². The summed E-state index contributed by atoms with van der Waals surface area (Å²) in [7, 11) is -2.74. The van der Waals surface area contributed by atoms with Gasteiger partial charge in [0.2, 0.25) is 5.88 Å². The summed E-state index contributed by atoms with van der Waals surface area (Å²) in [6.45, 7) is 5.55. The molecule has 0 saturated carbocycles. The van der Waals surface area contributed by atoms with Gasteiger partial charge in [-0.3, -0.25) is 4.72 Å². The molecule has 0 radical (unpaired) electrons. The number of aromatic carboxylic acids is 1. The first-order chi connectivity index (χ1) is 17.2. The van der Waals surface area contributed by atoms with Crippen LogP contribution in [-0.4, -0.2) is 55.8 Å². The van der Waals surface area contributed by atoms with Gasteiger partial charge in [0.05, 0.1) is 23.2 Å². The summed E-state index contributed by atoms with van der Waals surface area (Å²) in [5.41, 5.74) is 1.62. The van der Waals surface area contributed by atoms with E-state index in [1.54, 1.807) is 6.20 Å². The smallest absolute Gasteiger partial charge is 0.335 e. The fraction of sp³-hybridized carbons (Fsp3) is 0.375. The van der Waals surface area contributed by atoms with Crippen LogP contribution in [0.2, 0.25) is 0 Å². The van der Waals surface area contributed by atoms with E-state index in [-0.39, 0.29) is 28.1 Å². The van der Waals surface area contributed by atoms with E-state index in [2.05, 4.69) is 26.9 Å². The minimum absolute atomic E-state index is 0.0513. The zero-order chi connectivity index (χ0) is 25.9. The van der Waals surface area contributed by atoms with Crippen LogP contribution in [0, 0.1) is 12.8 Å². The van der Waals surface area contributed by atoms with E-state index in [0.717, 1.165) is 41.8 Å². The third-order valence-corrected chi connectivity index (χ3v) is 8.58. The van der Waals surface area contributed by atoms with Crippen LogP contribution in [0.4, 0.5) is 10.8 Å². The van der Waals surface area contributed by atoms with E-state index in [1.165, 1.54) is 48.8 Å². The Morgan fingerprint density at radius 1 is 1.25 bits per heavy atom. The van der Waals surface area contributed by atoms with E-state index in [1.807, 2.05) is 6.92 Å². The van der Waals surface area contributed by atoms with E-state index >= 15 is 0 Å². The topological polar surface area (TPSA) is 140 Å². The number of rotatable bonds is 9. The van der Waals surface area contributed by atoms with Gasteiger partial charge in [0.25, 0.3) is 10.0 Å². The summed E-state index contributed by atoms with van der Waals surface area (Å²) in [5, 5.41) is 13.3. The van der Waals surface area contributed by atoms with Gasteiger partial charge in [-0.05, 0) is 62.9 Å². The first-order valence-electron chi connectivity index (χ1n) is 11.4. The third-order valence-electron chi connectivity index (χ3n) is 6.07. The predicted molar refractivity (Wildman–Crippen MR) is 137 cm³/mol. The van der Waals surface area contributed by atoms with E-state index < -0.39 is 16.0 Å². The molecule has 0 spiro atoms. The average molecular weight is 533 g/mol. The monoisotopic (exact) mass is 532 g/mol. The number of aromatic nitrogens is 2. The maximum atomic E-state index is 13.2. The number of ether oxygens (including phenoxy) is 2. The minimum atomic E-state index is -4.09. The van der Waals surface area contributed by atoms with Crippen LogP contribution in [0.15, 0.2) is 41.4 Å². The van der Waals surface area contributed by atoms with Crippen molar-refractivity contribution in [2.75, 3.05) is 30.4 Å². The Morgan fingerprint density at radius 3 is 2.58 bits per heavy atom. The first-order valence-corrected chi connectivity index (χ1v) is 13.7. The van der Waals surface area contributed by atoms with Gasteiger partial charge in [-0.2, -0.15) is 0 Å². The van der Waals surface area contributed by atoms with Gasteiger partial charge < -0.3 is 19.9 Å². The second-order valence-corrected chi connectivity index (χ2v) is 11.2. The highest BCUT2D eigenvalue weighted by Gasteiger charge is 2.25. The Bertz CT molecular complexity index is 1340. The molecule has 36 heavy (non-hydrogen) atoms. The van der Waals surface area contributed by atoms with Gasteiger partial charge in [0.1, 0.15) is 4.90 Å². The molecule has 1 atom stereocenters. The molecule has 1 fully saturated rings. The number of methoxy groups -OCH3 is 1.